The van der Waals surface area contributed by atoms with Gasteiger partial charge in [-0.3, -0.25) is 4.90 Å². The molecular formula is C14H30N2O. The van der Waals surface area contributed by atoms with E-state index in [1.165, 1.54) is 12.8 Å². The first-order valence-corrected chi connectivity index (χ1v) is 7.19. The van der Waals surface area contributed by atoms with Crippen LogP contribution in [0.3, 0.4) is 0 Å². The van der Waals surface area contributed by atoms with E-state index in [-0.39, 0.29) is 0 Å². The molecular weight excluding hydrogens is 212 g/mol. The molecule has 1 aliphatic rings. The van der Waals surface area contributed by atoms with Gasteiger partial charge in [-0.2, -0.15) is 0 Å². The Morgan fingerprint density at radius 2 is 2.06 bits per heavy atom. The smallest absolute Gasteiger partial charge is 0.0674 e. The molecule has 1 aliphatic heterocycles. The van der Waals surface area contributed by atoms with Gasteiger partial charge in [-0.25, -0.2) is 0 Å². The van der Waals surface area contributed by atoms with Gasteiger partial charge in [-0.1, -0.05) is 13.8 Å². The zero-order chi connectivity index (χ0) is 12.8. The fourth-order valence-corrected chi connectivity index (χ4v) is 2.84. The van der Waals surface area contributed by atoms with Crippen LogP contribution in [0.2, 0.25) is 0 Å². The third kappa shape index (κ3) is 4.57. The average Bonchev–Trinajstić information content (AvgIpc) is 2.29. The van der Waals surface area contributed by atoms with Gasteiger partial charge in [-0.15, -0.1) is 0 Å². The fourth-order valence-electron chi connectivity index (χ4n) is 2.84. The summed E-state index contributed by atoms with van der Waals surface area (Å²) in [5, 5.41) is 3.50. The van der Waals surface area contributed by atoms with Crippen LogP contribution >= 0.6 is 0 Å². The van der Waals surface area contributed by atoms with Crippen molar-refractivity contribution in [1.29, 1.82) is 0 Å². The van der Waals surface area contributed by atoms with Gasteiger partial charge in [0, 0.05) is 24.7 Å². The monoisotopic (exact) mass is 242 g/mol. The molecule has 0 amide bonds. The number of nitrogens with zero attached hydrogens (tertiary/aromatic N) is 1. The number of rotatable bonds is 6. The number of morpholine rings is 1. The Balaban J connectivity index is 2.48. The van der Waals surface area contributed by atoms with Gasteiger partial charge in [-0.05, 0) is 40.2 Å². The van der Waals surface area contributed by atoms with Gasteiger partial charge in [0.25, 0.3) is 0 Å². The summed E-state index contributed by atoms with van der Waals surface area (Å²) in [6.45, 7) is 14.3. The minimum Gasteiger partial charge on any atom is -0.376 e. The second-order valence-electron chi connectivity index (χ2n) is 5.45. The van der Waals surface area contributed by atoms with Crippen molar-refractivity contribution in [2.75, 3.05) is 19.7 Å². The summed E-state index contributed by atoms with van der Waals surface area (Å²) in [4.78, 5) is 2.64. The van der Waals surface area contributed by atoms with Crippen LogP contribution in [0.15, 0.2) is 0 Å². The normalized spacial score (nSPS) is 30.2. The van der Waals surface area contributed by atoms with E-state index in [1.54, 1.807) is 0 Å². The molecule has 1 rings (SSSR count). The predicted molar refractivity (Wildman–Crippen MR) is 73.4 cm³/mol. The van der Waals surface area contributed by atoms with Crippen molar-refractivity contribution >= 4 is 0 Å². The Bertz CT molecular complexity index is 210. The van der Waals surface area contributed by atoms with E-state index in [9.17, 15) is 0 Å². The van der Waals surface area contributed by atoms with Gasteiger partial charge >= 0.3 is 0 Å². The maximum atomic E-state index is 5.76. The molecule has 3 nitrogen and oxygen atoms in total. The molecule has 1 heterocycles. The highest BCUT2D eigenvalue weighted by molar-refractivity contribution is 4.83. The second-order valence-corrected chi connectivity index (χ2v) is 5.45. The van der Waals surface area contributed by atoms with Crippen LogP contribution in [0, 0.1) is 0 Å². The first-order valence-electron chi connectivity index (χ1n) is 7.19. The zero-order valence-corrected chi connectivity index (χ0v) is 12.2. The van der Waals surface area contributed by atoms with E-state index in [0.717, 1.165) is 19.7 Å². The summed E-state index contributed by atoms with van der Waals surface area (Å²) in [7, 11) is 0. The van der Waals surface area contributed by atoms with E-state index in [4.69, 9.17) is 4.74 Å². The molecule has 0 bridgehead atoms. The Labute approximate surface area is 107 Å². The third-order valence-corrected chi connectivity index (χ3v) is 3.79. The van der Waals surface area contributed by atoms with Crippen LogP contribution in [0.4, 0.5) is 0 Å². The number of ether oxygens (including phenoxy) is 1. The van der Waals surface area contributed by atoms with Crippen molar-refractivity contribution in [3.8, 4) is 0 Å². The lowest BCUT2D eigenvalue weighted by Crippen LogP contribution is -2.53. The molecule has 0 radical (unpaired) electrons. The van der Waals surface area contributed by atoms with Crippen molar-refractivity contribution in [1.82, 2.24) is 10.2 Å². The molecule has 3 heteroatoms. The van der Waals surface area contributed by atoms with Gasteiger partial charge in [0.05, 0.1) is 12.7 Å². The largest absolute Gasteiger partial charge is 0.376 e. The molecule has 102 valence electrons. The molecule has 1 N–H and O–H groups in total. The zero-order valence-electron chi connectivity index (χ0n) is 12.2. The molecule has 0 aliphatic carbocycles. The van der Waals surface area contributed by atoms with E-state index >= 15 is 0 Å². The topological polar surface area (TPSA) is 24.5 Å². The second kappa shape index (κ2) is 7.34. The number of hydrogen-bond donors (Lipinski definition) is 1. The van der Waals surface area contributed by atoms with E-state index in [0.29, 0.717) is 24.2 Å². The lowest BCUT2D eigenvalue weighted by Gasteiger charge is -2.42. The maximum absolute atomic E-state index is 5.76. The first-order chi connectivity index (χ1) is 8.08. The molecule has 0 aromatic carbocycles. The fraction of sp³-hybridized carbons (Fsp3) is 1.00. The quantitative estimate of drug-likeness (QED) is 0.773. The minimum atomic E-state index is 0.384. The van der Waals surface area contributed by atoms with Crippen molar-refractivity contribution < 1.29 is 4.74 Å². The highest BCUT2D eigenvalue weighted by atomic mass is 16.5. The summed E-state index contributed by atoms with van der Waals surface area (Å²) in [5.41, 5.74) is 0. The van der Waals surface area contributed by atoms with Crippen molar-refractivity contribution in [2.24, 2.45) is 0 Å². The van der Waals surface area contributed by atoms with E-state index in [2.05, 4.69) is 44.8 Å². The molecule has 1 fully saturated rings. The highest BCUT2D eigenvalue weighted by Gasteiger charge is 2.29. The summed E-state index contributed by atoms with van der Waals surface area (Å²) in [5.74, 6) is 0. The minimum absolute atomic E-state index is 0.384. The number of nitrogens with one attached hydrogen (secondary N) is 1. The van der Waals surface area contributed by atoms with Crippen LogP contribution in [-0.2, 0) is 4.74 Å². The Hall–Kier alpha value is -0.120. The summed E-state index contributed by atoms with van der Waals surface area (Å²) in [6, 6.07) is 1.85. The molecule has 0 spiro atoms. The van der Waals surface area contributed by atoms with Crippen molar-refractivity contribution in [3.05, 3.63) is 0 Å². The average molecular weight is 242 g/mol. The maximum Gasteiger partial charge on any atom is 0.0674 e. The van der Waals surface area contributed by atoms with Gasteiger partial charge < -0.3 is 10.1 Å². The van der Waals surface area contributed by atoms with Gasteiger partial charge in [0.15, 0.2) is 0 Å². The van der Waals surface area contributed by atoms with Crippen LogP contribution in [0.1, 0.15) is 47.5 Å². The number of hydrogen-bond acceptors (Lipinski definition) is 3. The van der Waals surface area contributed by atoms with Gasteiger partial charge in [0.2, 0.25) is 0 Å². The third-order valence-electron chi connectivity index (χ3n) is 3.79. The summed E-state index contributed by atoms with van der Waals surface area (Å²) in [6.07, 6.45) is 2.79. The summed E-state index contributed by atoms with van der Waals surface area (Å²) >= 11 is 0. The Kier molecular flexibility index (Phi) is 6.45. The standard InChI is InChI=1S/C14H30N2O/c1-6-14-10-17-13(5)9-16(14)12(4)8-11(3)15-7-2/h11-15H,6-10H2,1-5H3. The predicted octanol–water partition coefficient (Wildman–Crippen LogP) is 2.26. The lowest BCUT2D eigenvalue weighted by molar-refractivity contribution is -0.0717. The van der Waals surface area contributed by atoms with Crippen molar-refractivity contribution in [3.63, 3.8) is 0 Å². The molecule has 0 aromatic rings. The van der Waals surface area contributed by atoms with E-state index in [1.807, 2.05) is 0 Å². The lowest BCUT2D eigenvalue weighted by atomic mass is 10.0. The Morgan fingerprint density at radius 1 is 1.35 bits per heavy atom. The SMILES string of the molecule is CCNC(C)CC(C)N1CC(C)OCC1CC. The molecule has 4 unspecified atom stereocenters. The Morgan fingerprint density at radius 3 is 2.65 bits per heavy atom. The highest BCUT2D eigenvalue weighted by Crippen LogP contribution is 2.19. The van der Waals surface area contributed by atoms with Crippen LogP contribution in [0.25, 0.3) is 0 Å². The van der Waals surface area contributed by atoms with Crippen LogP contribution in [0.5, 0.6) is 0 Å². The van der Waals surface area contributed by atoms with Crippen LogP contribution < -0.4 is 5.32 Å². The molecule has 0 aromatic heterocycles. The van der Waals surface area contributed by atoms with E-state index < -0.39 is 0 Å². The molecule has 1 saturated heterocycles. The molecule has 4 atom stereocenters. The molecule has 17 heavy (non-hydrogen) atoms. The summed E-state index contributed by atoms with van der Waals surface area (Å²) < 4.78 is 5.76. The first kappa shape index (κ1) is 14.9. The van der Waals surface area contributed by atoms with Gasteiger partial charge in [0.1, 0.15) is 0 Å². The van der Waals surface area contributed by atoms with Crippen LogP contribution in [-0.4, -0.2) is 48.8 Å². The molecule has 0 saturated carbocycles. The van der Waals surface area contributed by atoms with Crippen molar-refractivity contribution in [2.45, 2.75) is 71.7 Å².